The minimum atomic E-state index is -0.467. The van der Waals surface area contributed by atoms with Gasteiger partial charge in [-0.25, -0.2) is 0 Å². The highest BCUT2D eigenvalue weighted by molar-refractivity contribution is 9.10. The molecule has 5 aromatic rings. The van der Waals surface area contributed by atoms with Crippen LogP contribution in [0.4, 0.5) is 0 Å². The maximum absolute atomic E-state index is 12.1. The first kappa shape index (κ1) is 18.9. The molecule has 0 aliphatic heterocycles. The number of amides is 1. The summed E-state index contributed by atoms with van der Waals surface area (Å²) >= 11 is 3.79. The van der Waals surface area contributed by atoms with E-state index in [2.05, 4.69) is 50.8 Å². The second kappa shape index (κ2) is 7.27. The summed E-state index contributed by atoms with van der Waals surface area (Å²) in [6.45, 7) is 0.521. The lowest BCUT2D eigenvalue weighted by atomic mass is 10.0. The Morgan fingerprint density at radius 3 is 2.70 bits per heavy atom. The Balaban J connectivity index is 1.80. The summed E-state index contributed by atoms with van der Waals surface area (Å²) in [4.78, 5) is 12.1. The van der Waals surface area contributed by atoms with E-state index in [1.54, 1.807) is 12.1 Å². The molecule has 5 heteroatoms. The molecular weight excluding hydrogens is 440 g/mol. The zero-order valence-electron chi connectivity index (χ0n) is 16.0. The summed E-state index contributed by atoms with van der Waals surface area (Å²) in [5, 5.41) is 13.6. The van der Waals surface area contributed by atoms with Gasteiger partial charge in [0.2, 0.25) is 5.91 Å². The van der Waals surface area contributed by atoms with Gasteiger partial charge in [-0.15, -0.1) is 0 Å². The summed E-state index contributed by atoms with van der Waals surface area (Å²) in [6.07, 6.45) is 0. The third-order valence-electron chi connectivity index (χ3n) is 5.57. The van der Waals surface area contributed by atoms with E-state index in [0.717, 1.165) is 42.8 Å². The van der Waals surface area contributed by atoms with Gasteiger partial charge in [-0.2, -0.15) is 0 Å². The van der Waals surface area contributed by atoms with Crippen LogP contribution in [0.1, 0.15) is 21.5 Å². The highest BCUT2D eigenvalue weighted by atomic mass is 79.9. The quantitative estimate of drug-likeness (QED) is 0.391. The molecule has 0 aliphatic rings. The Morgan fingerprint density at radius 1 is 1.07 bits per heavy atom. The third-order valence-corrected chi connectivity index (χ3v) is 6.51. The van der Waals surface area contributed by atoms with Crippen LogP contribution in [-0.4, -0.2) is 15.6 Å². The first-order chi connectivity index (χ1) is 14.6. The summed E-state index contributed by atoms with van der Waals surface area (Å²) in [5.74, 6) is -0.467. The lowest BCUT2D eigenvalue weighted by Crippen LogP contribution is -2.11. The van der Waals surface area contributed by atoms with Crippen molar-refractivity contribution < 1.29 is 9.90 Å². The van der Waals surface area contributed by atoms with Crippen LogP contribution in [0.3, 0.4) is 0 Å². The molecule has 30 heavy (non-hydrogen) atoms. The number of halogens is 1. The minimum absolute atomic E-state index is 0.0731. The predicted octanol–water partition coefficient (Wildman–Crippen LogP) is 5.15. The van der Waals surface area contributed by atoms with Crippen LogP contribution in [0.15, 0.2) is 71.2 Å². The van der Waals surface area contributed by atoms with Crippen LogP contribution < -0.4 is 5.73 Å². The van der Waals surface area contributed by atoms with Crippen molar-refractivity contribution in [3.8, 4) is 0 Å². The van der Waals surface area contributed by atoms with Crippen LogP contribution >= 0.6 is 15.9 Å². The normalized spacial score (nSPS) is 11.5. The molecule has 1 radical (unpaired) electrons. The largest absolute Gasteiger partial charge is 0.392 e. The minimum Gasteiger partial charge on any atom is -0.392 e. The highest BCUT2D eigenvalue weighted by Crippen LogP contribution is 2.35. The van der Waals surface area contributed by atoms with Gasteiger partial charge in [0.15, 0.2) is 0 Å². The number of aromatic nitrogens is 1. The van der Waals surface area contributed by atoms with Gasteiger partial charge in [-0.05, 0) is 68.2 Å². The molecule has 0 aliphatic carbocycles. The molecule has 0 fully saturated rings. The zero-order valence-corrected chi connectivity index (χ0v) is 17.6. The summed E-state index contributed by atoms with van der Waals surface area (Å²) in [5.41, 5.74) is 9.84. The number of nitrogens with two attached hydrogens (primary N) is 1. The van der Waals surface area contributed by atoms with E-state index in [1.807, 2.05) is 30.3 Å². The van der Waals surface area contributed by atoms with Gasteiger partial charge in [-0.1, -0.05) is 42.5 Å². The van der Waals surface area contributed by atoms with Crippen molar-refractivity contribution in [3.05, 3.63) is 94.0 Å². The Hall–Kier alpha value is -3.15. The molecule has 5 rings (SSSR count). The summed E-state index contributed by atoms with van der Waals surface area (Å²) < 4.78 is 3.20. The summed E-state index contributed by atoms with van der Waals surface area (Å²) in [7, 11) is 0. The van der Waals surface area contributed by atoms with E-state index in [1.165, 1.54) is 5.39 Å². The number of hydrogen-bond donors (Lipinski definition) is 2. The van der Waals surface area contributed by atoms with E-state index in [-0.39, 0.29) is 6.61 Å². The third kappa shape index (κ3) is 2.90. The van der Waals surface area contributed by atoms with Gasteiger partial charge in [0.25, 0.3) is 0 Å². The fourth-order valence-electron chi connectivity index (χ4n) is 4.14. The topological polar surface area (TPSA) is 68.2 Å². The van der Waals surface area contributed by atoms with Crippen LogP contribution in [0, 0.1) is 6.07 Å². The molecular formula is C25H18BrN2O2. The van der Waals surface area contributed by atoms with Crippen LogP contribution in [0.5, 0.6) is 0 Å². The molecule has 0 bridgehead atoms. The number of rotatable bonds is 4. The number of aliphatic hydroxyl groups is 1. The SMILES string of the molecule is NC(=O)c1cccc2c1c1[c]cc(CO)cc1n2Cc1ccc2ccccc2c1Br. The molecule has 1 amide bonds. The molecule has 0 atom stereocenters. The van der Waals surface area contributed by atoms with Gasteiger partial charge in [0.1, 0.15) is 0 Å². The first-order valence-corrected chi connectivity index (χ1v) is 10.4. The predicted molar refractivity (Wildman–Crippen MR) is 123 cm³/mol. The number of aliphatic hydroxyl groups excluding tert-OH is 1. The highest BCUT2D eigenvalue weighted by Gasteiger charge is 2.18. The van der Waals surface area contributed by atoms with E-state index < -0.39 is 5.91 Å². The monoisotopic (exact) mass is 457 g/mol. The van der Waals surface area contributed by atoms with E-state index in [4.69, 9.17) is 5.73 Å². The molecule has 1 heterocycles. The number of hydrogen-bond acceptors (Lipinski definition) is 2. The van der Waals surface area contributed by atoms with Crippen LogP contribution in [-0.2, 0) is 13.2 Å². The molecule has 0 spiro atoms. The molecule has 4 nitrogen and oxygen atoms in total. The standard InChI is InChI=1S/C25H18BrN2O2/c26-24-17(10-9-16-4-1-2-5-18(16)24)13-28-21-7-3-6-20(25(27)30)23(21)19-11-8-15(14-29)12-22(19)28/h1-10,12,29H,13-14H2,(H2,27,30). The van der Waals surface area contributed by atoms with Crippen molar-refractivity contribution in [1.82, 2.24) is 4.57 Å². The van der Waals surface area contributed by atoms with Crippen molar-refractivity contribution in [2.75, 3.05) is 0 Å². The molecule has 0 saturated carbocycles. The molecule has 0 saturated heterocycles. The smallest absolute Gasteiger partial charge is 0.249 e. The fraction of sp³-hybridized carbons (Fsp3) is 0.0800. The van der Waals surface area contributed by atoms with Gasteiger partial charge < -0.3 is 15.4 Å². The van der Waals surface area contributed by atoms with Crippen molar-refractivity contribution in [2.45, 2.75) is 13.2 Å². The maximum Gasteiger partial charge on any atom is 0.249 e. The molecule has 4 aromatic carbocycles. The number of carbonyl (C=O) groups is 1. The number of carbonyl (C=O) groups excluding carboxylic acids is 1. The van der Waals surface area contributed by atoms with Gasteiger partial charge in [-0.3, -0.25) is 4.79 Å². The number of primary amides is 1. The Bertz CT molecular complexity index is 1450. The van der Waals surface area contributed by atoms with Gasteiger partial charge in [0.05, 0.1) is 17.6 Å². The lowest BCUT2D eigenvalue weighted by Gasteiger charge is -2.12. The second-order valence-electron chi connectivity index (χ2n) is 7.34. The number of benzene rings is 4. The average Bonchev–Trinajstić information content (AvgIpc) is 3.08. The second-order valence-corrected chi connectivity index (χ2v) is 8.13. The van der Waals surface area contributed by atoms with E-state index in [9.17, 15) is 9.90 Å². The fourth-order valence-corrected chi connectivity index (χ4v) is 4.76. The van der Waals surface area contributed by atoms with Gasteiger partial charge >= 0.3 is 0 Å². The first-order valence-electron chi connectivity index (χ1n) is 9.61. The van der Waals surface area contributed by atoms with Crippen LogP contribution in [0.25, 0.3) is 32.6 Å². The summed E-state index contributed by atoms with van der Waals surface area (Å²) in [6, 6.07) is 25.0. The molecule has 147 valence electrons. The van der Waals surface area contributed by atoms with Crippen molar-refractivity contribution in [3.63, 3.8) is 0 Å². The lowest BCUT2D eigenvalue weighted by molar-refractivity contribution is 0.100. The molecule has 0 unspecified atom stereocenters. The molecule has 1 aromatic heterocycles. The number of nitrogens with zero attached hydrogens (tertiary/aromatic N) is 1. The zero-order chi connectivity index (χ0) is 20.8. The Kier molecular flexibility index (Phi) is 4.57. The van der Waals surface area contributed by atoms with Crippen molar-refractivity contribution in [1.29, 1.82) is 0 Å². The molecule has 3 N–H and O–H groups in total. The van der Waals surface area contributed by atoms with Crippen LogP contribution in [0.2, 0.25) is 0 Å². The Labute approximate surface area is 181 Å². The van der Waals surface area contributed by atoms with Gasteiger partial charge in [0, 0.05) is 27.4 Å². The van der Waals surface area contributed by atoms with Crippen molar-refractivity contribution in [2.24, 2.45) is 5.73 Å². The van der Waals surface area contributed by atoms with E-state index >= 15 is 0 Å². The average molecular weight is 458 g/mol. The van der Waals surface area contributed by atoms with E-state index in [0.29, 0.717) is 12.1 Å². The number of fused-ring (bicyclic) bond motifs is 4. The van der Waals surface area contributed by atoms with Crippen molar-refractivity contribution >= 4 is 54.4 Å². The Morgan fingerprint density at radius 2 is 1.90 bits per heavy atom. The maximum atomic E-state index is 12.1.